The molecule has 0 unspecified atom stereocenters. The van der Waals surface area contributed by atoms with Gasteiger partial charge in [0.15, 0.2) is 5.69 Å². The zero-order valence-electron chi connectivity index (χ0n) is 15.4. The van der Waals surface area contributed by atoms with Crippen LogP contribution in [0.25, 0.3) is 10.9 Å². The second-order valence-corrected chi connectivity index (χ2v) is 6.46. The predicted octanol–water partition coefficient (Wildman–Crippen LogP) is 5.19. The molecule has 29 heavy (non-hydrogen) atoms. The molecule has 0 radical (unpaired) electrons. The van der Waals surface area contributed by atoms with E-state index in [-0.39, 0.29) is 11.6 Å². The average Bonchev–Trinajstić information content (AvgIpc) is 3.04. The largest absolute Gasteiger partial charge is 0.493 e. The Morgan fingerprint density at radius 1 is 0.966 bits per heavy atom. The molecule has 0 atom stereocenters. The third-order valence-electron chi connectivity index (χ3n) is 4.60. The maximum atomic E-state index is 12.2. The standard InChI is InChI=1S/C23H16N4O2/c24-14-16-10-12-17(13-11-16)15-27-20-9-5-4-8-19(20)21(23(27)29)25-26-22(28)18-6-2-1-3-7-18/h1-13,29H,15H2. The van der Waals surface area contributed by atoms with Crippen LogP contribution in [-0.2, 0) is 6.54 Å². The molecule has 0 bridgehead atoms. The van der Waals surface area contributed by atoms with Crippen LogP contribution in [0.2, 0.25) is 0 Å². The second kappa shape index (κ2) is 7.79. The SMILES string of the molecule is N#Cc1ccc(Cn2c(O)c(N=NC(=O)c3ccccc3)c3ccccc32)cc1. The highest BCUT2D eigenvalue weighted by Crippen LogP contribution is 2.39. The van der Waals surface area contributed by atoms with E-state index in [4.69, 9.17) is 5.26 Å². The number of para-hydroxylation sites is 1. The van der Waals surface area contributed by atoms with Crippen molar-refractivity contribution in [2.24, 2.45) is 10.2 Å². The Hall–Kier alpha value is -4.24. The van der Waals surface area contributed by atoms with Gasteiger partial charge in [0.1, 0.15) is 0 Å². The minimum atomic E-state index is -0.478. The lowest BCUT2D eigenvalue weighted by atomic mass is 10.1. The van der Waals surface area contributed by atoms with Crippen LogP contribution in [0.4, 0.5) is 5.69 Å². The maximum absolute atomic E-state index is 12.2. The molecule has 1 amide bonds. The van der Waals surface area contributed by atoms with Crippen LogP contribution in [0.1, 0.15) is 21.5 Å². The van der Waals surface area contributed by atoms with Crippen LogP contribution in [0, 0.1) is 11.3 Å². The number of carbonyl (C=O) groups is 1. The number of hydrogen-bond acceptors (Lipinski definition) is 4. The molecule has 0 fully saturated rings. The number of carbonyl (C=O) groups excluding carboxylic acids is 1. The first kappa shape index (κ1) is 18.1. The van der Waals surface area contributed by atoms with E-state index in [0.29, 0.717) is 23.1 Å². The highest BCUT2D eigenvalue weighted by atomic mass is 16.3. The number of aromatic nitrogens is 1. The molecule has 0 aliphatic heterocycles. The van der Waals surface area contributed by atoms with Crippen molar-refractivity contribution in [2.75, 3.05) is 0 Å². The Bertz CT molecular complexity index is 1250. The van der Waals surface area contributed by atoms with Crippen molar-refractivity contribution in [3.8, 4) is 11.9 Å². The Morgan fingerprint density at radius 3 is 2.38 bits per heavy atom. The van der Waals surface area contributed by atoms with Gasteiger partial charge in [-0.1, -0.05) is 48.5 Å². The van der Waals surface area contributed by atoms with E-state index >= 15 is 0 Å². The van der Waals surface area contributed by atoms with Gasteiger partial charge in [-0.15, -0.1) is 10.2 Å². The van der Waals surface area contributed by atoms with Crippen molar-refractivity contribution in [3.63, 3.8) is 0 Å². The van der Waals surface area contributed by atoms with Gasteiger partial charge in [-0.2, -0.15) is 5.26 Å². The van der Waals surface area contributed by atoms with Crippen LogP contribution >= 0.6 is 0 Å². The zero-order valence-corrected chi connectivity index (χ0v) is 15.4. The van der Waals surface area contributed by atoms with Crippen molar-refractivity contribution in [2.45, 2.75) is 6.54 Å². The van der Waals surface area contributed by atoms with Crippen molar-refractivity contribution in [1.82, 2.24) is 4.57 Å². The molecule has 6 heteroatoms. The number of benzene rings is 3. The van der Waals surface area contributed by atoms with E-state index in [9.17, 15) is 9.90 Å². The summed E-state index contributed by atoms with van der Waals surface area (Å²) < 4.78 is 1.71. The molecule has 0 spiro atoms. The van der Waals surface area contributed by atoms with Gasteiger partial charge in [0.05, 0.1) is 23.7 Å². The smallest absolute Gasteiger partial charge is 0.295 e. The maximum Gasteiger partial charge on any atom is 0.295 e. The molecule has 1 heterocycles. The van der Waals surface area contributed by atoms with E-state index in [2.05, 4.69) is 16.3 Å². The van der Waals surface area contributed by atoms with E-state index < -0.39 is 5.91 Å². The van der Waals surface area contributed by atoms with E-state index in [1.54, 1.807) is 41.0 Å². The Morgan fingerprint density at radius 2 is 1.66 bits per heavy atom. The second-order valence-electron chi connectivity index (χ2n) is 6.46. The molecule has 140 valence electrons. The van der Waals surface area contributed by atoms with Crippen LogP contribution < -0.4 is 0 Å². The summed E-state index contributed by atoms with van der Waals surface area (Å²) in [6.07, 6.45) is 0. The molecule has 0 saturated carbocycles. The molecule has 0 saturated heterocycles. The van der Waals surface area contributed by atoms with Gasteiger partial charge in [0.25, 0.3) is 5.91 Å². The van der Waals surface area contributed by atoms with Gasteiger partial charge in [-0.3, -0.25) is 4.79 Å². The van der Waals surface area contributed by atoms with Crippen molar-refractivity contribution < 1.29 is 9.90 Å². The van der Waals surface area contributed by atoms with Gasteiger partial charge in [-0.05, 0) is 35.9 Å². The minimum Gasteiger partial charge on any atom is -0.493 e. The van der Waals surface area contributed by atoms with Crippen LogP contribution in [0.5, 0.6) is 5.88 Å². The molecule has 1 aromatic heterocycles. The summed E-state index contributed by atoms with van der Waals surface area (Å²) in [5.74, 6) is -0.547. The number of amides is 1. The lowest BCUT2D eigenvalue weighted by Crippen LogP contribution is -1.98. The molecule has 1 N–H and O–H groups in total. The summed E-state index contributed by atoms with van der Waals surface area (Å²) in [6, 6.07) is 25.3. The average molecular weight is 380 g/mol. The molecule has 6 nitrogen and oxygen atoms in total. The number of nitriles is 1. The van der Waals surface area contributed by atoms with Crippen molar-refractivity contribution >= 4 is 22.5 Å². The summed E-state index contributed by atoms with van der Waals surface area (Å²) in [6.45, 7) is 0.389. The topological polar surface area (TPSA) is 90.7 Å². The molecular formula is C23H16N4O2. The van der Waals surface area contributed by atoms with Crippen LogP contribution in [0.3, 0.4) is 0 Å². The molecule has 4 aromatic rings. The van der Waals surface area contributed by atoms with E-state index in [0.717, 1.165) is 11.1 Å². The van der Waals surface area contributed by atoms with Gasteiger partial charge >= 0.3 is 0 Å². The van der Waals surface area contributed by atoms with E-state index in [1.807, 2.05) is 42.5 Å². The third-order valence-corrected chi connectivity index (χ3v) is 4.60. The van der Waals surface area contributed by atoms with Gasteiger partial charge in [-0.25, -0.2) is 0 Å². The summed E-state index contributed by atoms with van der Waals surface area (Å²) in [7, 11) is 0. The Labute approximate surface area is 167 Å². The number of rotatable bonds is 4. The fraction of sp³-hybridized carbons (Fsp3) is 0.0435. The van der Waals surface area contributed by atoms with E-state index in [1.165, 1.54) is 0 Å². The summed E-state index contributed by atoms with van der Waals surface area (Å²) in [5.41, 5.74) is 2.94. The van der Waals surface area contributed by atoms with Gasteiger partial charge in [0.2, 0.25) is 5.88 Å². The fourth-order valence-corrected chi connectivity index (χ4v) is 3.13. The quantitative estimate of drug-likeness (QED) is 0.494. The number of hydrogen-bond donors (Lipinski definition) is 1. The van der Waals surface area contributed by atoms with Gasteiger partial charge in [0, 0.05) is 10.9 Å². The zero-order chi connectivity index (χ0) is 20.2. The first-order chi connectivity index (χ1) is 14.2. The van der Waals surface area contributed by atoms with Crippen molar-refractivity contribution in [1.29, 1.82) is 5.26 Å². The number of azo groups is 1. The molecule has 0 aliphatic carbocycles. The Kier molecular flexibility index (Phi) is 4.87. The summed E-state index contributed by atoms with van der Waals surface area (Å²) in [4.78, 5) is 12.2. The van der Waals surface area contributed by atoms with Crippen molar-refractivity contribution in [3.05, 3.63) is 95.6 Å². The highest BCUT2D eigenvalue weighted by molar-refractivity contribution is 5.97. The first-order valence-electron chi connectivity index (χ1n) is 8.97. The summed E-state index contributed by atoms with van der Waals surface area (Å²) >= 11 is 0. The molecule has 3 aromatic carbocycles. The third kappa shape index (κ3) is 3.62. The summed E-state index contributed by atoms with van der Waals surface area (Å²) in [5, 5.41) is 28.3. The lowest BCUT2D eigenvalue weighted by Gasteiger charge is -2.07. The monoisotopic (exact) mass is 380 g/mol. The molecular weight excluding hydrogens is 364 g/mol. The van der Waals surface area contributed by atoms with Crippen LogP contribution in [-0.4, -0.2) is 15.6 Å². The number of nitrogens with zero attached hydrogens (tertiary/aromatic N) is 4. The van der Waals surface area contributed by atoms with Gasteiger partial charge < -0.3 is 9.67 Å². The fourth-order valence-electron chi connectivity index (χ4n) is 3.13. The Balaban J connectivity index is 1.72. The normalized spacial score (nSPS) is 11.0. The molecule has 4 rings (SSSR count). The highest BCUT2D eigenvalue weighted by Gasteiger charge is 2.17. The lowest BCUT2D eigenvalue weighted by molar-refractivity contribution is 0.0995. The number of fused-ring (bicyclic) bond motifs is 1. The van der Waals surface area contributed by atoms with Crippen LogP contribution in [0.15, 0.2) is 89.1 Å². The molecule has 0 aliphatic rings. The minimum absolute atomic E-state index is 0.0693. The first-order valence-corrected chi connectivity index (χ1v) is 8.97. The predicted molar refractivity (Wildman–Crippen MR) is 109 cm³/mol. The number of aromatic hydroxyl groups is 1.